The van der Waals surface area contributed by atoms with E-state index in [1.165, 1.54) is 30.7 Å². The molecule has 0 saturated heterocycles. The lowest BCUT2D eigenvalue weighted by Gasteiger charge is -2.29. The molecular weight excluding hydrogens is 480 g/mol. The third kappa shape index (κ3) is 6.17. The number of esters is 1. The number of aromatic nitrogens is 3. The molecule has 0 fully saturated rings. The molecule has 1 atom stereocenters. The second-order valence-electron chi connectivity index (χ2n) is 7.80. The normalized spacial score (nSPS) is 12.9. The predicted molar refractivity (Wildman–Crippen MR) is 121 cm³/mol. The Hall–Kier alpha value is -4.43. The molecule has 4 rings (SSSR count). The molecule has 0 amide bonds. The van der Waals surface area contributed by atoms with Gasteiger partial charge in [-0.1, -0.05) is 30.0 Å². The molecule has 1 aromatic carbocycles. The number of aromatic amines is 1. The van der Waals surface area contributed by atoms with Gasteiger partial charge in [-0.15, -0.1) is 0 Å². The average molecular weight is 498 g/mol. The summed E-state index contributed by atoms with van der Waals surface area (Å²) in [5, 5.41) is 0.710. The number of fused-ring (bicyclic) bond motifs is 1. The predicted octanol–water partition coefficient (Wildman–Crippen LogP) is 3.88. The maximum atomic E-state index is 13.2. The highest BCUT2D eigenvalue weighted by Gasteiger charge is 2.46. The Morgan fingerprint density at radius 2 is 1.86 bits per heavy atom. The molecule has 3 N–H and O–H groups in total. The summed E-state index contributed by atoms with van der Waals surface area (Å²) in [5.41, 5.74) is 6.02. The van der Waals surface area contributed by atoms with Gasteiger partial charge in [-0.3, -0.25) is 10.7 Å². The molecule has 0 unspecified atom stereocenters. The maximum absolute atomic E-state index is 13.2. The van der Waals surface area contributed by atoms with Crippen molar-refractivity contribution in [3.8, 4) is 17.6 Å². The molecule has 3 heterocycles. The number of hydrogen-bond acceptors (Lipinski definition) is 6. The molecule has 0 aliphatic rings. The van der Waals surface area contributed by atoms with Crippen molar-refractivity contribution in [1.82, 2.24) is 15.0 Å². The number of carbonyl (C=O) groups excluding carboxylic acids is 1. The van der Waals surface area contributed by atoms with Crippen molar-refractivity contribution < 1.29 is 31.8 Å². The summed E-state index contributed by atoms with van der Waals surface area (Å²) in [7, 11) is 0. The van der Waals surface area contributed by atoms with Crippen LogP contribution in [0.15, 0.2) is 67.3 Å². The summed E-state index contributed by atoms with van der Waals surface area (Å²) >= 11 is 0. The van der Waals surface area contributed by atoms with Crippen LogP contribution in [0.25, 0.3) is 10.9 Å². The number of benzene rings is 1. The van der Waals surface area contributed by atoms with Gasteiger partial charge in [0.15, 0.2) is 5.72 Å². The van der Waals surface area contributed by atoms with Gasteiger partial charge in [0.05, 0.1) is 6.20 Å². The first-order valence-corrected chi connectivity index (χ1v) is 10.5. The highest BCUT2D eigenvalue weighted by molar-refractivity contribution is 5.83. The first-order chi connectivity index (χ1) is 17.1. The minimum Gasteiger partial charge on any atom is -0.486 e. The fourth-order valence-corrected chi connectivity index (χ4v) is 3.36. The lowest BCUT2D eigenvalue weighted by atomic mass is 10.0. The first kappa shape index (κ1) is 24.7. The standard InChI is InChI=1S/C25H18F4N4O3/c26-22-10-16(7-8-32-22)5-6-17-9-19(14-31-12-17)35-15-24(30,36-23(34)25(27,28)29)11-18-13-33-21-4-2-1-3-20(18)21/h1-4,7-10,12-14,33H,11,15,30H2/t24-/m0/s1. The summed E-state index contributed by atoms with van der Waals surface area (Å²) in [4.78, 5) is 22.1. The number of nitrogens with zero attached hydrogens (tertiary/aromatic N) is 2. The second kappa shape index (κ2) is 10.1. The number of carbonyl (C=O) groups is 1. The van der Waals surface area contributed by atoms with E-state index in [-0.39, 0.29) is 12.2 Å². The van der Waals surface area contributed by atoms with Gasteiger partial charge in [0.2, 0.25) is 5.95 Å². The molecule has 4 aromatic rings. The van der Waals surface area contributed by atoms with Crippen molar-refractivity contribution in [3.63, 3.8) is 0 Å². The Kier molecular flexibility index (Phi) is 6.89. The van der Waals surface area contributed by atoms with Gasteiger partial charge < -0.3 is 14.5 Å². The smallest absolute Gasteiger partial charge is 0.486 e. The summed E-state index contributed by atoms with van der Waals surface area (Å²) in [6.45, 7) is -0.609. The van der Waals surface area contributed by atoms with Gasteiger partial charge in [0.1, 0.15) is 12.4 Å². The third-order valence-corrected chi connectivity index (χ3v) is 4.97. The zero-order chi connectivity index (χ0) is 25.8. The SMILES string of the molecule is N[C@@](COc1cncc(C#Cc2ccnc(F)c2)c1)(Cc1c[nH]c2ccccc12)OC(=O)C(F)(F)F. The molecule has 11 heteroatoms. The minimum absolute atomic E-state index is 0.125. The quantitative estimate of drug-likeness (QED) is 0.138. The van der Waals surface area contributed by atoms with E-state index >= 15 is 0 Å². The van der Waals surface area contributed by atoms with Crippen LogP contribution in [0.3, 0.4) is 0 Å². The van der Waals surface area contributed by atoms with Crippen molar-refractivity contribution in [2.45, 2.75) is 18.3 Å². The summed E-state index contributed by atoms with van der Waals surface area (Å²) in [6, 6.07) is 11.2. The van der Waals surface area contributed by atoms with E-state index < -0.39 is 30.4 Å². The van der Waals surface area contributed by atoms with Gasteiger partial charge in [0.25, 0.3) is 0 Å². The number of pyridine rings is 2. The van der Waals surface area contributed by atoms with Crippen molar-refractivity contribution in [2.24, 2.45) is 5.73 Å². The van der Waals surface area contributed by atoms with Crippen molar-refractivity contribution in [3.05, 3.63) is 89.9 Å². The first-order valence-electron chi connectivity index (χ1n) is 10.5. The number of para-hydroxylation sites is 1. The van der Waals surface area contributed by atoms with E-state index in [1.807, 2.05) is 0 Å². The van der Waals surface area contributed by atoms with Gasteiger partial charge in [0, 0.05) is 53.1 Å². The Labute approximate surface area is 202 Å². The number of nitrogens with one attached hydrogen (secondary N) is 1. The Morgan fingerprint density at radius 1 is 1.08 bits per heavy atom. The molecular formula is C25H18F4N4O3. The van der Waals surface area contributed by atoms with Gasteiger partial charge in [-0.25, -0.2) is 9.78 Å². The Morgan fingerprint density at radius 3 is 2.64 bits per heavy atom. The number of hydrogen-bond donors (Lipinski definition) is 2. The van der Waals surface area contributed by atoms with Crippen LogP contribution in [0.4, 0.5) is 17.6 Å². The lowest BCUT2D eigenvalue weighted by molar-refractivity contribution is -0.216. The lowest BCUT2D eigenvalue weighted by Crippen LogP contribution is -2.53. The molecule has 3 aromatic heterocycles. The summed E-state index contributed by atoms with van der Waals surface area (Å²) in [6.07, 6.45) is 0.0622. The number of rotatable bonds is 6. The van der Waals surface area contributed by atoms with Crippen LogP contribution in [0, 0.1) is 17.8 Å². The van der Waals surface area contributed by atoms with Crippen LogP contribution >= 0.6 is 0 Å². The van der Waals surface area contributed by atoms with E-state index in [2.05, 4.69) is 31.5 Å². The fourth-order valence-electron chi connectivity index (χ4n) is 3.36. The van der Waals surface area contributed by atoms with Crippen LogP contribution in [0.2, 0.25) is 0 Å². The van der Waals surface area contributed by atoms with E-state index in [9.17, 15) is 22.4 Å². The van der Waals surface area contributed by atoms with Gasteiger partial charge in [-0.2, -0.15) is 17.6 Å². The van der Waals surface area contributed by atoms with Crippen LogP contribution in [-0.4, -0.2) is 39.4 Å². The van der Waals surface area contributed by atoms with Gasteiger partial charge in [-0.05, 0) is 23.8 Å². The third-order valence-electron chi connectivity index (χ3n) is 4.97. The fraction of sp³-hybridized carbons (Fsp3) is 0.160. The molecule has 0 saturated carbocycles. The van der Waals surface area contributed by atoms with E-state index in [4.69, 9.17) is 10.5 Å². The number of H-pyrrole nitrogens is 1. The highest BCUT2D eigenvalue weighted by atomic mass is 19.4. The van der Waals surface area contributed by atoms with E-state index in [0.717, 1.165) is 11.6 Å². The molecule has 0 spiro atoms. The Balaban J connectivity index is 1.54. The highest BCUT2D eigenvalue weighted by Crippen LogP contribution is 2.26. The van der Waals surface area contributed by atoms with Crippen molar-refractivity contribution in [1.29, 1.82) is 0 Å². The summed E-state index contributed by atoms with van der Waals surface area (Å²) in [5.74, 6) is 2.53. The number of halogens is 4. The molecule has 0 aliphatic carbocycles. The number of alkyl halides is 3. The zero-order valence-corrected chi connectivity index (χ0v) is 18.5. The Bertz CT molecular complexity index is 1460. The average Bonchev–Trinajstić information content (AvgIpc) is 3.24. The summed E-state index contributed by atoms with van der Waals surface area (Å²) < 4.78 is 62.3. The second-order valence-corrected chi connectivity index (χ2v) is 7.80. The van der Waals surface area contributed by atoms with Crippen molar-refractivity contribution >= 4 is 16.9 Å². The molecule has 0 aliphatic heterocycles. The molecule has 7 nitrogen and oxygen atoms in total. The van der Waals surface area contributed by atoms with Crippen molar-refractivity contribution in [2.75, 3.05) is 6.61 Å². The van der Waals surface area contributed by atoms with Gasteiger partial charge >= 0.3 is 12.1 Å². The van der Waals surface area contributed by atoms with Crippen LogP contribution < -0.4 is 10.5 Å². The number of ether oxygens (including phenoxy) is 2. The zero-order valence-electron chi connectivity index (χ0n) is 18.5. The molecule has 0 radical (unpaired) electrons. The molecule has 36 heavy (non-hydrogen) atoms. The monoisotopic (exact) mass is 498 g/mol. The topological polar surface area (TPSA) is 103 Å². The minimum atomic E-state index is -5.24. The molecule has 0 bridgehead atoms. The van der Waals surface area contributed by atoms with Crippen LogP contribution in [-0.2, 0) is 16.0 Å². The maximum Gasteiger partial charge on any atom is 0.490 e. The van der Waals surface area contributed by atoms with Crippen LogP contribution in [0.1, 0.15) is 16.7 Å². The molecule has 184 valence electrons. The van der Waals surface area contributed by atoms with Crippen LogP contribution in [0.5, 0.6) is 5.75 Å². The van der Waals surface area contributed by atoms with E-state index in [0.29, 0.717) is 22.1 Å². The number of nitrogens with two attached hydrogens (primary N) is 1. The largest absolute Gasteiger partial charge is 0.490 e. The van der Waals surface area contributed by atoms with E-state index in [1.54, 1.807) is 30.5 Å².